The van der Waals surface area contributed by atoms with Crippen LogP contribution in [0.4, 0.5) is 0 Å². The van der Waals surface area contributed by atoms with E-state index in [1.165, 1.54) is 16.3 Å². The highest BCUT2D eigenvalue weighted by molar-refractivity contribution is 5.83. The van der Waals surface area contributed by atoms with Gasteiger partial charge < -0.3 is 4.74 Å². The van der Waals surface area contributed by atoms with Crippen molar-refractivity contribution < 1.29 is 9.53 Å². The highest BCUT2D eigenvalue weighted by Gasteiger charge is 2.42. The molecule has 0 radical (unpaired) electrons. The predicted octanol–water partition coefficient (Wildman–Crippen LogP) is 2.68. The molecule has 2 unspecified atom stereocenters. The van der Waals surface area contributed by atoms with Crippen molar-refractivity contribution in [1.82, 2.24) is 5.32 Å². The summed E-state index contributed by atoms with van der Waals surface area (Å²) in [6, 6.07) is 15.1. The molecule has 3 rings (SSSR count). The Bertz CT molecular complexity index is 623. The van der Waals surface area contributed by atoms with Crippen LogP contribution in [0, 0.1) is 0 Å². The number of aryl methyl sites for hydroxylation is 1. The number of carbonyl (C=O) groups is 1. The van der Waals surface area contributed by atoms with E-state index in [1.54, 1.807) is 0 Å². The van der Waals surface area contributed by atoms with Crippen LogP contribution in [0.5, 0.6) is 0 Å². The summed E-state index contributed by atoms with van der Waals surface area (Å²) in [5.41, 5.74) is 1.32. The SMILES string of the molecule is CCOC(=O)C1NC1CCc1ccc2ccccc2c1. The molecule has 0 spiro atoms. The van der Waals surface area contributed by atoms with Gasteiger partial charge in [0.15, 0.2) is 0 Å². The van der Waals surface area contributed by atoms with Crippen molar-refractivity contribution in [3.63, 3.8) is 0 Å². The van der Waals surface area contributed by atoms with E-state index < -0.39 is 0 Å². The van der Waals surface area contributed by atoms with E-state index in [-0.39, 0.29) is 18.1 Å². The Hall–Kier alpha value is -1.87. The van der Waals surface area contributed by atoms with Gasteiger partial charge in [-0.15, -0.1) is 0 Å². The second-order valence-corrected chi connectivity index (χ2v) is 5.22. The van der Waals surface area contributed by atoms with E-state index in [1.807, 2.05) is 6.92 Å². The lowest BCUT2D eigenvalue weighted by molar-refractivity contribution is -0.142. The van der Waals surface area contributed by atoms with E-state index in [2.05, 4.69) is 47.8 Å². The summed E-state index contributed by atoms with van der Waals surface area (Å²) in [6.45, 7) is 2.29. The van der Waals surface area contributed by atoms with Crippen LogP contribution in [0.1, 0.15) is 18.9 Å². The molecule has 0 saturated carbocycles. The molecule has 0 aliphatic carbocycles. The zero-order chi connectivity index (χ0) is 13.9. The van der Waals surface area contributed by atoms with Gasteiger partial charge in [-0.1, -0.05) is 42.5 Å². The summed E-state index contributed by atoms with van der Waals surface area (Å²) >= 11 is 0. The minimum Gasteiger partial charge on any atom is -0.465 e. The van der Waals surface area contributed by atoms with E-state index in [9.17, 15) is 4.79 Å². The zero-order valence-corrected chi connectivity index (χ0v) is 11.6. The summed E-state index contributed by atoms with van der Waals surface area (Å²) in [5, 5.41) is 5.73. The maximum Gasteiger partial charge on any atom is 0.324 e. The number of nitrogens with one attached hydrogen (secondary N) is 1. The molecule has 1 aliphatic heterocycles. The van der Waals surface area contributed by atoms with Gasteiger partial charge in [0.1, 0.15) is 6.04 Å². The number of hydrogen-bond acceptors (Lipinski definition) is 3. The Morgan fingerprint density at radius 3 is 2.80 bits per heavy atom. The van der Waals surface area contributed by atoms with Crippen LogP contribution < -0.4 is 5.32 Å². The number of benzene rings is 2. The maximum absolute atomic E-state index is 11.5. The Morgan fingerprint density at radius 2 is 2.00 bits per heavy atom. The minimum absolute atomic E-state index is 0.0876. The van der Waals surface area contributed by atoms with Gasteiger partial charge >= 0.3 is 5.97 Å². The molecule has 1 N–H and O–H groups in total. The van der Waals surface area contributed by atoms with Crippen molar-refractivity contribution >= 4 is 16.7 Å². The van der Waals surface area contributed by atoms with Gasteiger partial charge in [-0.3, -0.25) is 10.1 Å². The van der Waals surface area contributed by atoms with E-state index >= 15 is 0 Å². The highest BCUT2D eigenvalue weighted by atomic mass is 16.5. The van der Waals surface area contributed by atoms with Gasteiger partial charge in [-0.2, -0.15) is 0 Å². The normalized spacial score (nSPS) is 20.9. The second-order valence-electron chi connectivity index (χ2n) is 5.22. The summed E-state index contributed by atoms with van der Waals surface area (Å²) in [5.74, 6) is -0.115. The van der Waals surface area contributed by atoms with Crippen LogP contribution in [0.25, 0.3) is 10.8 Å². The Balaban J connectivity index is 1.57. The number of esters is 1. The van der Waals surface area contributed by atoms with Gasteiger partial charge in [0, 0.05) is 6.04 Å². The van der Waals surface area contributed by atoms with Crippen LogP contribution in [0.2, 0.25) is 0 Å². The summed E-state index contributed by atoms with van der Waals surface area (Å²) < 4.78 is 5.00. The Labute approximate surface area is 118 Å². The Kier molecular flexibility index (Phi) is 3.70. The molecule has 2 aromatic rings. The molecule has 3 nitrogen and oxygen atoms in total. The van der Waals surface area contributed by atoms with Crippen LogP contribution in [-0.4, -0.2) is 24.7 Å². The number of rotatable bonds is 5. The molecule has 0 aromatic heterocycles. The average molecular weight is 269 g/mol. The fourth-order valence-corrected chi connectivity index (χ4v) is 2.61. The largest absolute Gasteiger partial charge is 0.465 e. The maximum atomic E-state index is 11.5. The van der Waals surface area contributed by atoms with Crippen molar-refractivity contribution in [3.8, 4) is 0 Å². The lowest BCUT2D eigenvalue weighted by Crippen LogP contribution is -2.15. The summed E-state index contributed by atoms with van der Waals surface area (Å²) in [4.78, 5) is 11.5. The molecule has 1 fully saturated rings. The van der Waals surface area contributed by atoms with Crippen LogP contribution in [-0.2, 0) is 16.0 Å². The molecular formula is C17H19NO2. The van der Waals surface area contributed by atoms with E-state index in [0.29, 0.717) is 6.61 Å². The van der Waals surface area contributed by atoms with Gasteiger partial charge in [-0.05, 0) is 36.1 Å². The molecule has 1 saturated heterocycles. The molecule has 1 heterocycles. The van der Waals surface area contributed by atoms with E-state index in [0.717, 1.165) is 12.8 Å². The third-order valence-electron chi connectivity index (χ3n) is 3.79. The third kappa shape index (κ3) is 2.83. The van der Waals surface area contributed by atoms with Crippen molar-refractivity contribution in [2.45, 2.75) is 31.8 Å². The standard InChI is InChI=1S/C17H19NO2/c1-2-20-17(19)16-15(18-16)10-8-12-7-9-13-5-3-4-6-14(13)11-12/h3-7,9,11,15-16,18H,2,8,10H2,1H3. The first kappa shape index (κ1) is 13.1. The van der Waals surface area contributed by atoms with Gasteiger partial charge in [0.2, 0.25) is 0 Å². The highest BCUT2D eigenvalue weighted by Crippen LogP contribution is 2.21. The van der Waals surface area contributed by atoms with Gasteiger partial charge in [0.25, 0.3) is 0 Å². The van der Waals surface area contributed by atoms with E-state index in [4.69, 9.17) is 4.74 Å². The fourth-order valence-electron chi connectivity index (χ4n) is 2.61. The van der Waals surface area contributed by atoms with Gasteiger partial charge in [0.05, 0.1) is 6.61 Å². The average Bonchev–Trinajstić information content (AvgIpc) is 3.25. The molecular weight excluding hydrogens is 250 g/mol. The smallest absolute Gasteiger partial charge is 0.324 e. The lowest BCUT2D eigenvalue weighted by Gasteiger charge is -2.03. The number of ether oxygens (including phenoxy) is 1. The monoisotopic (exact) mass is 269 g/mol. The van der Waals surface area contributed by atoms with Gasteiger partial charge in [-0.25, -0.2) is 0 Å². The minimum atomic E-state index is -0.115. The van der Waals surface area contributed by atoms with Crippen molar-refractivity contribution in [2.24, 2.45) is 0 Å². The number of hydrogen-bond donors (Lipinski definition) is 1. The number of fused-ring (bicyclic) bond motifs is 1. The van der Waals surface area contributed by atoms with Crippen LogP contribution in [0.15, 0.2) is 42.5 Å². The number of carbonyl (C=O) groups excluding carboxylic acids is 1. The van der Waals surface area contributed by atoms with Crippen LogP contribution in [0.3, 0.4) is 0 Å². The first-order valence-electron chi connectivity index (χ1n) is 7.18. The first-order chi connectivity index (χ1) is 9.78. The molecule has 1 aliphatic rings. The molecule has 104 valence electrons. The lowest BCUT2D eigenvalue weighted by atomic mass is 10.0. The molecule has 0 amide bonds. The van der Waals surface area contributed by atoms with Crippen LogP contribution >= 0.6 is 0 Å². The Morgan fingerprint density at radius 1 is 1.20 bits per heavy atom. The summed E-state index contributed by atoms with van der Waals surface area (Å²) in [7, 11) is 0. The molecule has 2 atom stereocenters. The molecule has 3 heteroatoms. The van der Waals surface area contributed by atoms with Crippen molar-refractivity contribution in [2.75, 3.05) is 6.61 Å². The quantitative estimate of drug-likeness (QED) is 0.670. The zero-order valence-electron chi connectivity index (χ0n) is 11.6. The summed E-state index contributed by atoms with van der Waals surface area (Å²) in [6.07, 6.45) is 1.96. The third-order valence-corrected chi connectivity index (χ3v) is 3.79. The molecule has 2 aromatic carbocycles. The molecule has 0 bridgehead atoms. The molecule has 20 heavy (non-hydrogen) atoms. The van der Waals surface area contributed by atoms with Crippen molar-refractivity contribution in [1.29, 1.82) is 0 Å². The topological polar surface area (TPSA) is 48.2 Å². The van der Waals surface area contributed by atoms with Crippen molar-refractivity contribution in [3.05, 3.63) is 48.0 Å². The fraction of sp³-hybridized carbons (Fsp3) is 0.353. The predicted molar refractivity (Wildman–Crippen MR) is 79.6 cm³/mol. The first-order valence-corrected chi connectivity index (χ1v) is 7.18. The second kappa shape index (κ2) is 5.63.